The van der Waals surface area contributed by atoms with Crippen LogP contribution < -0.4 is 0 Å². The molecule has 0 saturated carbocycles. The maximum Gasteiger partial charge on any atom is 0.0375 e. The second-order valence-electron chi connectivity index (χ2n) is 12.4. The molecule has 0 saturated heterocycles. The molecule has 46 heavy (non-hydrogen) atoms. The van der Waals surface area contributed by atoms with Gasteiger partial charge in [-0.1, -0.05) is 176 Å². The zero-order chi connectivity index (χ0) is 30.2. The Kier molecular flexibility index (Phi) is 5.67. The molecule has 1 aliphatic rings. The standard InChI is InChI=1S/C45H28S/c1-2-14-31-28(12-1)13-11-23-32(31)29-24-26-30(27-25-29)41-42-37-19-7-3-15-33(37)35-17-5-9-21-39(35)44(42)46-45-40-22-10-6-18-36(40)34-16-4-8-20-38(34)43(41)45/h1-27,41H. The summed E-state index contributed by atoms with van der Waals surface area (Å²) in [6.07, 6.45) is 0. The van der Waals surface area contributed by atoms with Gasteiger partial charge in [0.1, 0.15) is 0 Å². The van der Waals surface area contributed by atoms with Gasteiger partial charge in [0, 0.05) is 15.7 Å². The van der Waals surface area contributed by atoms with Gasteiger partial charge in [-0.15, -0.1) is 0 Å². The molecule has 0 radical (unpaired) electrons. The fourth-order valence-corrected chi connectivity index (χ4v) is 9.43. The lowest BCUT2D eigenvalue weighted by Crippen LogP contribution is -2.12. The lowest BCUT2D eigenvalue weighted by molar-refractivity contribution is 0.938. The van der Waals surface area contributed by atoms with E-state index in [1.165, 1.54) is 91.5 Å². The van der Waals surface area contributed by atoms with Gasteiger partial charge in [0.15, 0.2) is 0 Å². The molecule has 0 nitrogen and oxygen atoms in total. The summed E-state index contributed by atoms with van der Waals surface area (Å²) in [6, 6.07) is 60.8. The number of fused-ring (bicyclic) bond motifs is 13. The molecule has 1 heteroatoms. The smallest absolute Gasteiger partial charge is 0.0375 e. The third-order valence-corrected chi connectivity index (χ3v) is 11.3. The van der Waals surface area contributed by atoms with Crippen LogP contribution in [-0.4, -0.2) is 0 Å². The van der Waals surface area contributed by atoms with Gasteiger partial charge in [0.25, 0.3) is 0 Å². The maximum absolute atomic E-state index is 2.39. The molecule has 214 valence electrons. The molecule has 0 aromatic heterocycles. The third-order valence-electron chi connectivity index (χ3n) is 9.97. The molecule has 0 aliphatic carbocycles. The fraction of sp³-hybridized carbons (Fsp3) is 0.0222. The zero-order valence-corrected chi connectivity index (χ0v) is 25.9. The van der Waals surface area contributed by atoms with Gasteiger partial charge in [-0.2, -0.15) is 0 Å². The Hall–Kier alpha value is -5.37. The van der Waals surface area contributed by atoms with Crippen LogP contribution in [0.15, 0.2) is 174 Å². The van der Waals surface area contributed by atoms with Gasteiger partial charge < -0.3 is 0 Å². The second-order valence-corrected chi connectivity index (χ2v) is 13.4. The van der Waals surface area contributed by atoms with Gasteiger partial charge in [0.2, 0.25) is 0 Å². The van der Waals surface area contributed by atoms with Crippen molar-refractivity contribution in [2.24, 2.45) is 0 Å². The van der Waals surface area contributed by atoms with E-state index in [0.717, 1.165) is 0 Å². The van der Waals surface area contributed by atoms with E-state index in [1.807, 2.05) is 11.8 Å². The molecule has 10 rings (SSSR count). The average Bonchev–Trinajstić information content (AvgIpc) is 3.14. The zero-order valence-electron chi connectivity index (χ0n) is 25.1. The minimum Gasteiger partial charge on any atom is -0.0881 e. The van der Waals surface area contributed by atoms with Crippen molar-refractivity contribution in [1.29, 1.82) is 0 Å². The summed E-state index contributed by atoms with van der Waals surface area (Å²) in [5, 5.41) is 13.2. The normalized spacial score (nSPS) is 13.0. The van der Waals surface area contributed by atoms with Gasteiger partial charge in [-0.25, -0.2) is 0 Å². The van der Waals surface area contributed by atoms with Crippen LogP contribution in [-0.2, 0) is 0 Å². The van der Waals surface area contributed by atoms with E-state index in [-0.39, 0.29) is 5.92 Å². The van der Waals surface area contributed by atoms with Crippen LogP contribution in [0.25, 0.3) is 65.0 Å². The van der Waals surface area contributed by atoms with Gasteiger partial charge in [-0.05, 0) is 81.7 Å². The minimum atomic E-state index is 0.0804. The highest BCUT2D eigenvalue weighted by Gasteiger charge is 2.34. The van der Waals surface area contributed by atoms with Crippen LogP contribution >= 0.6 is 11.8 Å². The van der Waals surface area contributed by atoms with Crippen molar-refractivity contribution in [3.05, 3.63) is 180 Å². The molecule has 0 amide bonds. The number of rotatable bonds is 2. The van der Waals surface area contributed by atoms with Crippen molar-refractivity contribution in [3.8, 4) is 11.1 Å². The van der Waals surface area contributed by atoms with E-state index >= 15 is 0 Å². The van der Waals surface area contributed by atoms with Crippen molar-refractivity contribution in [1.82, 2.24) is 0 Å². The Labute approximate surface area is 271 Å². The van der Waals surface area contributed by atoms with Crippen LogP contribution in [0.5, 0.6) is 0 Å². The molecule has 0 unspecified atom stereocenters. The van der Waals surface area contributed by atoms with Crippen molar-refractivity contribution in [2.45, 2.75) is 15.7 Å². The Morgan fingerprint density at radius 1 is 0.326 bits per heavy atom. The Morgan fingerprint density at radius 2 is 0.739 bits per heavy atom. The molecule has 9 aromatic carbocycles. The van der Waals surface area contributed by atoms with E-state index in [0.29, 0.717) is 0 Å². The van der Waals surface area contributed by atoms with E-state index in [1.54, 1.807) is 0 Å². The molecule has 0 bridgehead atoms. The number of hydrogen-bond acceptors (Lipinski definition) is 1. The summed E-state index contributed by atoms with van der Waals surface area (Å²) in [5.41, 5.74) is 6.69. The Morgan fingerprint density at radius 3 is 1.28 bits per heavy atom. The molecule has 0 spiro atoms. The van der Waals surface area contributed by atoms with Crippen LogP contribution in [0, 0.1) is 0 Å². The molecule has 0 N–H and O–H groups in total. The van der Waals surface area contributed by atoms with Crippen molar-refractivity contribution in [3.63, 3.8) is 0 Å². The molecular weight excluding hydrogens is 573 g/mol. The van der Waals surface area contributed by atoms with Gasteiger partial charge in [0.05, 0.1) is 0 Å². The average molecular weight is 601 g/mol. The van der Waals surface area contributed by atoms with Crippen molar-refractivity contribution >= 4 is 65.6 Å². The van der Waals surface area contributed by atoms with Gasteiger partial charge >= 0.3 is 0 Å². The number of hydrogen-bond donors (Lipinski definition) is 0. The van der Waals surface area contributed by atoms with Crippen LogP contribution in [0.3, 0.4) is 0 Å². The maximum atomic E-state index is 2.39. The minimum absolute atomic E-state index is 0.0804. The Balaban J connectivity index is 1.31. The van der Waals surface area contributed by atoms with E-state index < -0.39 is 0 Å². The van der Waals surface area contributed by atoms with Crippen LogP contribution in [0.4, 0.5) is 0 Å². The van der Waals surface area contributed by atoms with E-state index in [2.05, 4.69) is 164 Å². The summed E-state index contributed by atoms with van der Waals surface area (Å²) in [5.74, 6) is 0.0804. The lowest BCUT2D eigenvalue weighted by Gasteiger charge is -2.33. The molecule has 0 atom stereocenters. The summed E-state index contributed by atoms with van der Waals surface area (Å²) in [7, 11) is 0. The summed E-state index contributed by atoms with van der Waals surface area (Å²) >= 11 is 1.97. The summed E-state index contributed by atoms with van der Waals surface area (Å²) in [6.45, 7) is 0. The highest BCUT2D eigenvalue weighted by atomic mass is 32.2. The third kappa shape index (κ3) is 3.70. The largest absolute Gasteiger partial charge is 0.0881 e. The second kappa shape index (κ2) is 10.1. The highest BCUT2D eigenvalue weighted by Crippen LogP contribution is 2.57. The molecule has 0 fully saturated rings. The molecule has 1 heterocycles. The summed E-state index contributed by atoms with van der Waals surface area (Å²) < 4.78 is 0. The van der Waals surface area contributed by atoms with Crippen molar-refractivity contribution in [2.75, 3.05) is 0 Å². The molecule has 9 aromatic rings. The van der Waals surface area contributed by atoms with E-state index in [4.69, 9.17) is 0 Å². The first-order chi connectivity index (χ1) is 22.8. The lowest BCUT2D eigenvalue weighted by atomic mass is 9.78. The predicted molar refractivity (Wildman–Crippen MR) is 197 cm³/mol. The van der Waals surface area contributed by atoms with Crippen LogP contribution in [0.2, 0.25) is 0 Å². The SMILES string of the molecule is c1ccc2c(-c3ccc(C4c5c(c6ccccc6c6ccccc56)Sc5c4c4ccccc4c4ccccc54)cc3)cccc2c1. The first-order valence-electron chi connectivity index (χ1n) is 16.0. The fourth-order valence-electron chi connectivity index (χ4n) is 7.98. The topological polar surface area (TPSA) is 0 Å². The first-order valence-corrected chi connectivity index (χ1v) is 16.8. The van der Waals surface area contributed by atoms with Crippen molar-refractivity contribution < 1.29 is 0 Å². The van der Waals surface area contributed by atoms with Crippen LogP contribution in [0.1, 0.15) is 22.6 Å². The predicted octanol–water partition coefficient (Wildman–Crippen LogP) is 12.8. The number of benzene rings is 9. The quantitative estimate of drug-likeness (QED) is 0.178. The van der Waals surface area contributed by atoms with Gasteiger partial charge in [-0.3, -0.25) is 0 Å². The Bertz CT molecular complexity index is 2530. The summed E-state index contributed by atoms with van der Waals surface area (Å²) in [4.78, 5) is 2.76. The highest BCUT2D eigenvalue weighted by molar-refractivity contribution is 8.00. The molecular formula is C45H28S. The monoisotopic (exact) mass is 600 g/mol. The first kappa shape index (κ1) is 25.9. The molecule has 1 aliphatic heterocycles. The van der Waals surface area contributed by atoms with E-state index in [9.17, 15) is 0 Å².